The molecule has 2 unspecified atom stereocenters. The van der Waals surface area contributed by atoms with Crippen molar-refractivity contribution in [3.8, 4) is 0 Å². The van der Waals surface area contributed by atoms with E-state index in [0.29, 0.717) is 18.8 Å². The van der Waals surface area contributed by atoms with Crippen LogP contribution < -0.4 is 5.32 Å². The molecular weight excluding hydrogens is 260 g/mol. The summed E-state index contributed by atoms with van der Waals surface area (Å²) in [5.41, 5.74) is 1.16. The minimum absolute atomic E-state index is 0.191. The van der Waals surface area contributed by atoms with E-state index in [1.165, 1.54) is 6.20 Å². The van der Waals surface area contributed by atoms with Crippen LogP contribution in [0.5, 0.6) is 0 Å². The van der Waals surface area contributed by atoms with Gasteiger partial charge in [-0.25, -0.2) is 4.79 Å². The van der Waals surface area contributed by atoms with E-state index < -0.39 is 17.9 Å². The highest BCUT2D eigenvalue weighted by molar-refractivity contribution is 5.96. The number of ether oxygens (including phenoxy) is 1. The van der Waals surface area contributed by atoms with Gasteiger partial charge in [0, 0.05) is 24.4 Å². The van der Waals surface area contributed by atoms with Crippen LogP contribution in [0, 0.1) is 12.8 Å². The molecule has 2 rings (SSSR count). The predicted octanol–water partition coefficient (Wildman–Crippen LogP) is 1.000. The molecule has 1 fully saturated rings. The third-order valence-electron chi connectivity index (χ3n) is 3.39. The first-order valence-electron chi connectivity index (χ1n) is 6.62. The molecule has 1 aliphatic rings. The summed E-state index contributed by atoms with van der Waals surface area (Å²) in [4.78, 5) is 27.4. The fourth-order valence-corrected chi connectivity index (χ4v) is 2.24. The van der Waals surface area contributed by atoms with Crippen molar-refractivity contribution in [3.63, 3.8) is 0 Å². The molecule has 1 amide bonds. The van der Waals surface area contributed by atoms with Crippen LogP contribution >= 0.6 is 0 Å². The topological polar surface area (TPSA) is 88.5 Å². The monoisotopic (exact) mass is 278 g/mol. The van der Waals surface area contributed by atoms with Crippen LogP contribution in [0.3, 0.4) is 0 Å². The second-order valence-corrected chi connectivity index (χ2v) is 4.95. The van der Waals surface area contributed by atoms with E-state index >= 15 is 0 Å². The average molecular weight is 278 g/mol. The highest BCUT2D eigenvalue weighted by Crippen LogP contribution is 2.18. The Kier molecular flexibility index (Phi) is 4.68. The third-order valence-corrected chi connectivity index (χ3v) is 3.39. The Hall–Kier alpha value is -1.95. The van der Waals surface area contributed by atoms with Crippen molar-refractivity contribution >= 4 is 11.9 Å². The molecule has 1 saturated heterocycles. The molecule has 1 aromatic heterocycles. The first-order chi connectivity index (χ1) is 9.58. The fraction of sp³-hybridized carbons (Fsp3) is 0.500. The Balaban J connectivity index is 2.05. The molecule has 6 heteroatoms. The average Bonchev–Trinajstić information content (AvgIpc) is 2.46. The van der Waals surface area contributed by atoms with E-state index in [-0.39, 0.29) is 5.92 Å². The van der Waals surface area contributed by atoms with E-state index in [4.69, 9.17) is 4.74 Å². The van der Waals surface area contributed by atoms with Crippen molar-refractivity contribution in [1.82, 2.24) is 10.3 Å². The summed E-state index contributed by atoms with van der Waals surface area (Å²) in [7, 11) is 0. The number of carboxylic acids is 1. The van der Waals surface area contributed by atoms with Gasteiger partial charge in [0.15, 0.2) is 0 Å². The molecule has 0 aromatic carbocycles. The van der Waals surface area contributed by atoms with Gasteiger partial charge in [-0.2, -0.15) is 0 Å². The van der Waals surface area contributed by atoms with Gasteiger partial charge in [-0.15, -0.1) is 0 Å². The van der Waals surface area contributed by atoms with Gasteiger partial charge in [-0.3, -0.25) is 9.78 Å². The summed E-state index contributed by atoms with van der Waals surface area (Å²) in [5, 5.41) is 11.8. The molecule has 1 aromatic rings. The number of carbonyl (C=O) groups is 2. The first-order valence-corrected chi connectivity index (χ1v) is 6.62. The second-order valence-electron chi connectivity index (χ2n) is 4.95. The number of rotatable bonds is 4. The number of aromatic nitrogens is 1. The number of nitrogens with one attached hydrogen (secondary N) is 1. The lowest BCUT2D eigenvalue weighted by Crippen LogP contribution is -2.48. The maximum Gasteiger partial charge on any atom is 0.326 e. The molecule has 0 radical (unpaired) electrons. The maximum absolute atomic E-state index is 12.1. The van der Waals surface area contributed by atoms with Gasteiger partial charge in [0.25, 0.3) is 5.91 Å². The molecule has 0 spiro atoms. The summed E-state index contributed by atoms with van der Waals surface area (Å²) in [5.74, 6) is -1.65. The molecular formula is C14H18N2O4. The van der Waals surface area contributed by atoms with Gasteiger partial charge >= 0.3 is 5.97 Å². The van der Waals surface area contributed by atoms with Crippen LogP contribution in [0.4, 0.5) is 0 Å². The lowest BCUT2D eigenvalue weighted by Gasteiger charge is -2.28. The van der Waals surface area contributed by atoms with Gasteiger partial charge < -0.3 is 15.2 Å². The number of hydrogen-bond acceptors (Lipinski definition) is 4. The van der Waals surface area contributed by atoms with E-state index in [1.807, 2.05) is 6.92 Å². The quantitative estimate of drug-likeness (QED) is 0.857. The molecule has 2 N–H and O–H groups in total. The summed E-state index contributed by atoms with van der Waals surface area (Å²) >= 11 is 0. The normalized spacial score (nSPS) is 20.1. The largest absolute Gasteiger partial charge is 0.480 e. The number of carbonyl (C=O) groups excluding carboxylic acids is 1. The van der Waals surface area contributed by atoms with Crippen molar-refractivity contribution in [1.29, 1.82) is 0 Å². The van der Waals surface area contributed by atoms with Gasteiger partial charge in [0.05, 0.1) is 12.2 Å². The lowest BCUT2D eigenvalue weighted by atomic mass is 9.93. The van der Waals surface area contributed by atoms with Gasteiger partial charge in [-0.1, -0.05) is 0 Å². The van der Waals surface area contributed by atoms with Crippen LogP contribution in [0.15, 0.2) is 18.3 Å². The number of hydrogen-bond donors (Lipinski definition) is 2. The number of aliphatic carboxylic acids is 1. The van der Waals surface area contributed by atoms with Gasteiger partial charge in [-0.05, 0) is 31.9 Å². The number of pyridine rings is 1. The molecule has 108 valence electrons. The molecule has 0 aliphatic carbocycles. The Labute approximate surface area is 117 Å². The lowest BCUT2D eigenvalue weighted by molar-refractivity contribution is -0.142. The van der Waals surface area contributed by atoms with Crippen molar-refractivity contribution in [2.24, 2.45) is 5.92 Å². The van der Waals surface area contributed by atoms with E-state index in [2.05, 4.69) is 10.3 Å². The molecule has 20 heavy (non-hydrogen) atoms. The zero-order valence-corrected chi connectivity index (χ0v) is 11.3. The second kappa shape index (κ2) is 6.47. The number of aryl methyl sites for hydroxylation is 1. The van der Waals surface area contributed by atoms with Crippen LogP contribution in [0.1, 0.15) is 28.9 Å². The van der Waals surface area contributed by atoms with Crippen molar-refractivity contribution in [3.05, 3.63) is 29.6 Å². The van der Waals surface area contributed by atoms with E-state index in [1.54, 1.807) is 12.1 Å². The molecule has 6 nitrogen and oxygen atoms in total. The third kappa shape index (κ3) is 3.54. The Morgan fingerprint density at radius 2 is 2.30 bits per heavy atom. The van der Waals surface area contributed by atoms with Crippen LogP contribution in [-0.2, 0) is 9.53 Å². The highest BCUT2D eigenvalue weighted by atomic mass is 16.5. The van der Waals surface area contributed by atoms with Crippen molar-refractivity contribution in [2.45, 2.75) is 25.8 Å². The van der Waals surface area contributed by atoms with Crippen molar-refractivity contribution < 1.29 is 19.4 Å². The molecule has 2 atom stereocenters. The Morgan fingerprint density at radius 1 is 1.50 bits per heavy atom. The Bertz CT molecular complexity index is 480. The molecule has 2 heterocycles. The van der Waals surface area contributed by atoms with Crippen LogP contribution in [0.25, 0.3) is 0 Å². The van der Waals surface area contributed by atoms with Crippen LogP contribution in [-0.4, -0.2) is 41.2 Å². The Morgan fingerprint density at radius 3 is 2.85 bits per heavy atom. The van der Waals surface area contributed by atoms with E-state index in [0.717, 1.165) is 18.5 Å². The summed E-state index contributed by atoms with van der Waals surface area (Å²) in [6, 6.07) is 2.42. The predicted molar refractivity (Wildman–Crippen MR) is 71.4 cm³/mol. The zero-order chi connectivity index (χ0) is 14.5. The SMILES string of the molecule is Cc1ccc(C(=O)NC(C(=O)O)C2CCCOC2)cn1. The van der Waals surface area contributed by atoms with Crippen molar-refractivity contribution in [2.75, 3.05) is 13.2 Å². The summed E-state index contributed by atoms with van der Waals surface area (Å²) < 4.78 is 5.29. The highest BCUT2D eigenvalue weighted by Gasteiger charge is 2.31. The van der Waals surface area contributed by atoms with Gasteiger partial charge in [0.2, 0.25) is 0 Å². The smallest absolute Gasteiger partial charge is 0.326 e. The summed E-state index contributed by atoms with van der Waals surface area (Å²) in [6.45, 7) is 2.84. The zero-order valence-electron chi connectivity index (χ0n) is 11.3. The minimum Gasteiger partial charge on any atom is -0.480 e. The first kappa shape index (κ1) is 14.5. The maximum atomic E-state index is 12.1. The fourth-order valence-electron chi connectivity index (χ4n) is 2.24. The van der Waals surface area contributed by atoms with Gasteiger partial charge in [0.1, 0.15) is 6.04 Å². The standard InChI is InChI=1S/C14H18N2O4/c1-9-4-5-10(7-15-9)13(17)16-12(14(18)19)11-3-2-6-20-8-11/h4-5,7,11-12H,2-3,6,8H2,1H3,(H,16,17)(H,18,19). The molecule has 0 bridgehead atoms. The molecule has 0 saturated carbocycles. The number of amides is 1. The number of carboxylic acid groups (broad SMARTS) is 1. The van der Waals surface area contributed by atoms with E-state index in [9.17, 15) is 14.7 Å². The summed E-state index contributed by atoms with van der Waals surface area (Å²) in [6.07, 6.45) is 3.00. The number of nitrogens with zero attached hydrogens (tertiary/aromatic N) is 1. The van der Waals surface area contributed by atoms with Crippen LogP contribution in [0.2, 0.25) is 0 Å². The minimum atomic E-state index is -1.03. The molecule has 1 aliphatic heterocycles.